The van der Waals surface area contributed by atoms with E-state index in [0.29, 0.717) is 0 Å². The molecule has 7 aromatic rings. The first kappa shape index (κ1) is 24.6. The van der Waals surface area contributed by atoms with Gasteiger partial charge in [-0.1, -0.05) is 141 Å². The van der Waals surface area contributed by atoms with Gasteiger partial charge >= 0.3 is 0 Å². The summed E-state index contributed by atoms with van der Waals surface area (Å²) < 4.78 is 0. The van der Waals surface area contributed by atoms with Crippen LogP contribution in [0.3, 0.4) is 0 Å². The lowest BCUT2D eigenvalue weighted by Crippen LogP contribution is -2.17. The summed E-state index contributed by atoms with van der Waals surface area (Å²) >= 11 is 0. The lowest BCUT2D eigenvalue weighted by atomic mass is 9.80. The van der Waals surface area contributed by atoms with Crippen molar-refractivity contribution in [1.82, 2.24) is 0 Å². The maximum absolute atomic E-state index is 2.49. The van der Waals surface area contributed by atoms with Crippen molar-refractivity contribution in [3.8, 4) is 22.3 Å². The molecule has 0 heterocycles. The third-order valence-electron chi connectivity index (χ3n) is 9.00. The van der Waals surface area contributed by atoms with E-state index in [1.807, 2.05) is 0 Å². The van der Waals surface area contributed by atoms with Crippen LogP contribution in [0.5, 0.6) is 0 Å². The van der Waals surface area contributed by atoms with E-state index >= 15 is 0 Å². The van der Waals surface area contributed by atoms with E-state index in [9.17, 15) is 0 Å². The Hall–Kier alpha value is -5.14. The van der Waals surface area contributed by atoms with Crippen molar-refractivity contribution >= 4 is 38.6 Å². The zero-order chi connectivity index (χ0) is 28.3. The van der Waals surface area contributed by atoms with E-state index in [1.54, 1.807) is 0 Å². The maximum Gasteiger partial charge on any atom is 0.0549 e. The molecule has 0 atom stereocenters. The Morgan fingerprint density at radius 2 is 1.10 bits per heavy atom. The molecule has 8 rings (SSSR count). The minimum absolute atomic E-state index is 0.122. The van der Waals surface area contributed by atoms with Crippen LogP contribution in [0.1, 0.15) is 25.0 Å². The average Bonchev–Trinajstić information content (AvgIpc) is 3.29. The molecule has 0 fully saturated rings. The molecule has 7 aromatic carbocycles. The number of benzene rings is 7. The summed E-state index contributed by atoms with van der Waals surface area (Å²) in [5.41, 5.74) is 11.3. The molecule has 1 heteroatoms. The molecular weight excluding hydrogens is 506 g/mol. The fourth-order valence-corrected chi connectivity index (χ4v) is 7.06. The molecule has 0 unspecified atom stereocenters. The van der Waals surface area contributed by atoms with Crippen LogP contribution >= 0.6 is 0 Å². The van der Waals surface area contributed by atoms with Crippen molar-refractivity contribution in [3.05, 3.63) is 163 Å². The molecular formula is C41H31N. The Labute approximate surface area is 247 Å². The second-order valence-electron chi connectivity index (χ2n) is 11.8. The summed E-state index contributed by atoms with van der Waals surface area (Å²) in [6.45, 7) is 4.76. The van der Waals surface area contributed by atoms with Gasteiger partial charge in [0.15, 0.2) is 0 Å². The highest BCUT2D eigenvalue weighted by molar-refractivity contribution is 6.08. The average molecular weight is 538 g/mol. The molecule has 0 N–H and O–H groups in total. The van der Waals surface area contributed by atoms with Gasteiger partial charge in [-0.25, -0.2) is 0 Å². The first-order chi connectivity index (χ1) is 20.6. The molecule has 0 saturated heterocycles. The third kappa shape index (κ3) is 3.71. The molecule has 200 valence electrons. The van der Waals surface area contributed by atoms with E-state index in [4.69, 9.17) is 0 Å². The van der Waals surface area contributed by atoms with Crippen LogP contribution in [-0.2, 0) is 5.41 Å². The monoisotopic (exact) mass is 537 g/mol. The van der Waals surface area contributed by atoms with Crippen LogP contribution in [0.2, 0.25) is 0 Å². The van der Waals surface area contributed by atoms with Crippen LogP contribution in [-0.4, -0.2) is 0 Å². The first-order valence-corrected chi connectivity index (χ1v) is 14.7. The van der Waals surface area contributed by atoms with Crippen molar-refractivity contribution in [2.75, 3.05) is 4.90 Å². The maximum atomic E-state index is 2.49. The molecule has 0 aromatic heterocycles. The molecule has 42 heavy (non-hydrogen) atoms. The summed E-state index contributed by atoms with van der Waals surface area (Å²) in [5, 5.41) is 5.06. The van der Waals surface area contributed by atoms with E-state index in [1.165, 1.54) is 66.3 Å². The first-order valence-electron chi connectivity index (χ1n) is 14.7. The largest absolute Gasteiger partial charge is 0.309 e. The molecule has 0 aliphatic heterocycles. The van der Waals surface area contributed by atoms with Crippen molar-refractivity contribution in [3.63, 3.8) is 0 Å². The van der Waals surface area contributed by atoms with Crippen molar-refractivity contribution in [1.29, 1.82) is 0 Å². The summed E-state index contributed by atoms with van der Waals surface area (Å²) in [6, 6.07) is 55.3. The Kier molecular flexibility index (Phi) is 5.55. The zero-order valence-corrected chi connectivity index (χ0v) is 23.9. The van der Waals surface area contributed by atoms with E-state index in [2.05, 4.69) is 170 Å². The van der Waals surface area contributed by atoms with Gasteiger partial charge in [0.2, 0.25) is 0 Å². The fourth-order valence-electron chi connectivity index (χ4n) is 7.06. The van der Waals surface area contributed by atoms with Gasteiger partial charge in [0, 0.05) is 22.1 Å². The second-order valence-corrected chi connectivity index (χ2v) is 11.8. The predicted octanol–water partition coefficient (Wildman–Crippen LogP) is 11.4. The number of rotatable bonds is 4. The number of hydrogen-bond acceptors (Lipinski definition) is 1. The molecule has 1 nitrogen and oxygen atoms in total. The Morgan fingerprint density at radius 1 is 0.476 bits per heavy atom. The Morgan fingerprint density at radius 3 is 1.90 bits per heavy atom. The highest BCUT2D eigenvalue weighted by Gasteiger charge is 2.39. The highest BCUT2D eigenvalue weighted by atomic mass is 15.1. The van der Waals surface area contributed by atoms with Crippen LogP contribution in [0, 0.1) is 0 Å². The minimum atomic E-state index is -0.122. The summed E-state index contributed by atoms with van der Waals surface area (Å²) in [5.74, 6) is 0. The van der Waals surface area contributed by atoms with Gasteiger partial charge in [-0.05, 0) is 68.2 Å². The van der Waals surface area contributed by atoms with Crippen molar-refractivity contribution in [2.24, 2.45) is 0 Å². The zero-order valence-electron chi connectivity index (χ0n) is 23.9. The van der Waals surface area contributed by atoms with Gasteiger partial charge in [0.25, 0.3) is 0 Å². The summed E-state index contributed by atoms with van der Waals surface area (Å²) in [4.78, 5) is 2.49. The number of nitrogens with zero attached hydrogens (tertiary/aromatic N) is 1. The van der Waals surface area contributed by atoms with Crippen molar-refractivity contribution in [2.45, 2.75) is 19.3 Å². The SMILES string of the molecule is CC1(C)c2ccccc2-c2c(N(c3ccc(-c4ccccc4)cc3)c3cccc4ccccc34)cc3ccccc3c21. The van der Waals surface area contributed by atoms with Gasteiger partial charge in [-0.15, -0.1) is 0 Å². The summed E-state index contributed by atoms with van der Waals surface area (Å²) in [7, 11) is 0. The van der Waals surface area contributed by atoms with Crippen LogP contribution < -0.4 is 4.90 Å². The standard InChI is InChI=1S/C41H31N/c1-41(2)36-21-11-10-20-35(36)39-38(27-31-16-7-9-19-34(31)40(39)41)42(37-22-12-17-30-15-6-8-18-33(30)37)32-25-23-29(24-26-32)28-13-4-3-5-14-28/h3-27H,1-2H3. The van der Waals surface area contributed by atoms with Crippen molar-refractivity contribution < 1.29 is 0 Å². The molecule has 0 bridgehead atoms. The lowest BCUT2D eigenvalue weighted by Gasteiger charge is -2.31. The van der Waals surface area contributed by atoms with Gasteiger partial charge in [-0.2, -0.15) is 0 Å². The van der Waals surface area contributed by atoms with E-state index in [0.717, 1.165) is 5.69 Å². The highest BCUT2D eigenvalue weighted by Crippen LogP contribution is 2.57. The topological polar surface area (TPSA) is 3.24 Å². The molecule has 0 amide bonds. The van der Waals surface area contributed by atoms with Gasteiger partial charge in [0.05, 0.1) is 11.4 Å². The normalized spacial score (nSPS) is 13.2. The molecule has 0 radical (unpaired) electrons. The molecule has 1 aliphatic rings. The van der Waals surface area contributed by atoms with Gasteiger partial charge in [0.1, 0.15) is 0 Å². The number of hydrogen-bond donors (Lipinski definition) is 0. The third-order valence-corrected chi connectivity index (χ3v) is 9.00. The fraction of sp³-hybridized carbons (Fsp3) is 0.0732. The smallest absolute Gasteiger partial charge is 0.0549 e. The molecule has 0 spiro atoms. The molecule has 0 saturated carbocycles. The van der Waals surface area contributed by atoms with Crippen LogP contribution in [0.25, 0.3) is 43.8 Å². The quantitative estimate of drug-likeness (QED) is 0.216. The Bertz CT molecular complexity index is 2100. The van der Waals surface area contributed by atoms with Crippen LogP contribution in [0.4, 0.5) is 17.1 Å². The number of fused-ring (bicyclic) bond motifs is 6. The van der Waals surface area contributed by atoms with Gasteiger partial charge in [-0.3, -0.25) is 0 Å². The Balaban J connectivity index is 1.46. The number of anilines is 3. The lowest BCUT2D eigenvalue weighted by molar-refractivity contribution is 0.666. The summed E-state index contributed by atoms with van der Waals surface area (Å²) in [6.07, 6.45) is 0. The van der Waals surface area contributed by atoms with E-state index in [-0.39, 0.29) is 5.41 Å². The minimum Gasteiger partial charge on any atom is -0.309 e. The predicted molar refractivity (Wildman–Crippen MR) is 179 cm³/mol. The van der Waals surface area contributed by atoms with Crippen LogP contribution in [0.15, 0.2) is 152 Å². The molecule has 1 aliphatic carbocycles. The van der Waals surface area contributed by atoms with E-state index < -0.39 is 0 Å². The second kappa shape index (κ2) is 9.46. The van der Waals surface area contributed by atoms with Gasteiger partial charge < -0.3 is 4.90 Å².